The van der Waals surface area contributed by atoms with Crippen LogP contribution in [0.2, 0.25) is 0 Å². The molecule has 0 aliphatic heterocycles. The van der Waals surface area contributed by atoms with Gasteiger partial charge in [-0.2, -0.15) is 9.49 Å². The molecule has 3 nitrogen and oxygen atoms in total. The summed E-state index contributed by atoms with van der Waals surface area (Å²) in [6.45, 7) is 0.353. The second-order valence-electron chi connectivity index (χ2n) is 3.39. The maximum Gasteiger partial charge on any atom is 0.219 e. The van der Waals surface area contributed by atoms with Crippen LogP contribution in [0.1, 0.15) is 5.56 Å². The van der Waals surface area contributed by atoms with E-state index in [1.54, 1.807) is 6.07 Å². The predicted octanol–water partition coefficient (Wildman–Crippen LogP) is 1.65. The van der Waals surface area contributed by atoms with Crippen molar-refractivity contribution in [1.82, 2.24) is 9.78 Å². The van der Waals surface area contributed by atoms with Crippen LogP contribution in [0.3, 0.4) is 0 Å². The first-order valence-electron chi connectivity index (χ1n) is 4.91. The van der Waals surface area contributed by atoms with Gasteiger partial charge in [-0.1, -0.05) is 6.07 Å². The van der Waals surface area contributed by atoms with Gasteiger partial charge in [0.2, 0.25) is 5.95 Å². The van der Waals surface area contributed by atoms with Gasteiger partial charge in [0, 0.05) is 5.56 Å². The van der Waals surface area contributed by atoms with Crippen molar-refractivity contribution < 1.29 is 8.78 Å². The molecule has 0 spiro atoms. The molecule has 0 aliphatic carbocycles. The largest absolute Gasteiger partial charge is 0.330 e. The molecule has 0 fully saturated rings. The summed E-state index contributed by atoms with van der Waals surface area (Å²) in [5.41, 5.74) is 6.14. The topological polar surface area (TPSA) is 43.8 Å². The Bertz CT molecular complexity index is 494. The number of rotatable bonds is 3. The van der Waals surface area contributed by atoms with Crippen LogP contribution in [0.5, 0.6) is 0 Å². The van der Waals surface area contributed by atoms with E-state index in [-0.39, 0.29) is 0 Å². The number of hydrogen-bond donors (Lipinski definition) is 1. The molecule has 2 N–H and O–H groups in total. The first-order chi connectivity index (χ1) is 7.72. The standard InChI is InChI=1S/C11H11F2N3/c12-9-2-1-3-10(6-9)16-11(13)8(4-5-14)7-15-16/h1-3,6-7H,4-5,14H2. The monoisotopic (exact) mass is 223 g/mol. The Morgan fingerprint density at radius 1 is 1.31 bits per heavy atom. The highest BCUT2D eigenvalue weighted by Crippen LogP contribution is 2.14. The van der Waals surface area contributed by atoms with Gasteiger partial charge in [0.1, 0.15) is 5.82 Å². The molecule has 84 valence electrons. The lowest BCUT2D eigenvalue weighted by Crippen LogP contribution is -2.05. The molecule has 0 atom stereocenters. The van der Waals surface area contributed by atoms with E-state index < -0.39 is 11.8 Å². The Balaban J connectivity index is 2.41. The van der Waals surface area contributed by atoms with E-state index in [0.717, 1.165) is 4.68 Å². The zero-order valence-electron chi connectivity index (χ0n) is 8.53. The van der Waals surface area contributed by atoms with E-state index in [9.17, 15) is 8.78 Å². The minimum Gasteiger partial charge on any atom is -0.330 e. The third-order valence-corrected chi connectivity index (χ3v) is 2.25. The summed E-state index contributed by atoms with van der Waals surface area (Å²) in [4.78, 5) is 0. The van der Waals surface area contributed by atoms with Crippen LogP contribution in [0.25, 0.3) is 5.69 Å². The van der Waals surface area contributed by atoms with Crippen molar-refractivity contribution in [1.29, 1.82) is 0 Å². The second-order valence-corrected chi connectivity index (χ2v) is 3.39. The molecule has 0 bridgehead atoms. The summed E-state index contributed by atoms with van der Waals surface area (Å²) in [6, 6.07) is 5.62. The first kappa shape index (κ1) is 10.8. The minimum absolute atomic E-state index is 0.353. The normalized spacial score (nSPS) is 10.7. The fourth-order valence-corrected chi connectivity index (χ4v) is 1.48. The number of nitrogens with zero attached hydrogens (tertiary/aromatic N) is 2. The van der Waals surface area contributed by atoms with Gasteiger partial charge in [-0.25, -0.2) is 9.07 Å². The van der Waals surface area contributed by atoms with Crippen molar-refractivity contribution in [3.05, 3.63) is 47.8 Å². The highest BCUT2D eigenvalue weighted by molar-refractivity contribution is 5.32. The van der Waals surface area contributed by atoms with Gasteiger partial charge in [0.05, 0.1) is 11.9 Å². The molecule has 0 aliphatic rings. The van der Waals surface area contributed by atoms with Crippen LogP contribution in [0, 0.1) is 11.8 Å². The van der Waals surface area contributed by atoms with Gasteiger partial charge in [-0.15, -0.1) is 0 Å². The molecule has 1 heterocycles. The molecule has 1 aromatic heterocycles. The Labute approximate surface area is 91.5 Å². The third kappa shape index (κ3) is 1.94. The van der Waals surface area contributed by atoms with E-state index in [0.29, 0.717) is 24.2 Å². The predicted molar refractivity (Wildman–Crippen MR) is 56.2 cm³/mol. The smallest absolute Gasteiger partial charge is 0.219 e. The van der Waals surface area contributed by atoms with Crippen LogP contribution < -0.4 is 5.73 Å². The quantitative estimate of drug-likeness (QED) is 0.859. The summed E-state index contributed by atoms with van der Waals surface area (Å²) in [6.07, 6.45) is 1.83. The van der Waals surface area contributed by atoms with Crippen molar-refractivity contribution in [2.24, 2.45) is 5.73 Å². The minimum atomic E-state index is -0.490. The SMILES string of the molecule is NCCc1cnn(-c2cccc(F)c2)c1F. The Morgan fingerprint density at radius 3 is 2.81 bits per heavy atom. The average Bonchev–Trinajstić information content (AvgIpc) is 2.61. The lowest BCUT2D eigenvalue weighted by molar-refractivity contribution is 0.524. The zero-order chi connectivity index (χ0) is 11.5. The van der Waals surface area contributed by atoms with Crippen LogP contribution >= 0.6 is 0 Å². The van der Waals surface area contributed by atoms with Crippen LogP contribution in [-0.4, -0.2) is 16.3 Å². The Hall–Kier alpha value is -1.75. The highest BCUT2D eigenvalue weighted by Gasteiger charge is 2.11. The van der Waals surface area contributed by atoms with Gasteiger partial charge in [-0.3, -0.25) is 0 Å². The second kappa shape index (κ2) is 4.40. The lowest BCUT2D eigenvalue weighted by atomic mass is 10.2. The van der Waals surface area contributed by atoms with Crippen molar-refractivity contribution in [3.63, 3.8) is 0 Å². The van der Waals surface area contributed by atoms with Gasteiger partial charge in [0.25, 0.3) is 0 Å². The van der Waals surface area contributed by atoms with Crippen molar-refractivity contribution in [2.45, 2.75) is 6.42 Å². The molecular weight excluding hydrogens is 212 g/mol. The molecule has 1 aromatic carbocycles. The highest BCUT2D eigenvalue weighted by atomic mass is 19.1. The van der Waals surface area contributed by atoms with Crippen molar-refractivity contribution in [2.75, 3.05) is 6.54 Å². The zero-order valence-corrected chi connectivity index (χ0v) is 8.53. The number of hydrogen-bond acceptors (Lipinski definition) is 2. The van der Waals surface area contributed by atoms with Crippen LogP contribution in [0.15, 0.2) is 30.5 Å². The molecule has 2 rings (SSSR count). The van der Waals surface area contributed by atoms with Gasteiger partial charge >= 0.3 is 0 Å². The number of benzene rings is 1. The van der Waals surface area contributed by atoms with Crippen LogP contribution in [0.4, 0.5) is 8.78 Å². The number of nitrogens with two attached hydrogens (primary N) is 1. The summed E-state index contributed by atoms with van der Waals surface area (Å²) in [5.74, 6) is -0.913. The van der Waals surface area contributed by atoms with Crippen molar-refractivity contribution >= 4 is 0 Å². The summed E-state index contributed by atoms with van der Waals surface area (Å²) < 4.78 is 27.8. The number of halogens is 2. The maximum atomic E-state index is 13.8. The molecule has 16 heavy (non-hydrogen) atoms. The molecule has 0 saturated heterocycles. The van der Waals surface area contributed by atoms with Crippen LogP contribution in [-0.2, 0) is 6.42 Å². The number of aromatic nitrogens is 2. The van der Waals surface area contributed by atoms with E-state index >= 15 is 0 Å². The first-order valence-corrected chi connectivity index (χ1v) is 4.91. The molecule has 2 aromatic rings. The summed E-state index contributed by atoms with van der Waals surface area (Å²) in [7, 11) is 0. The van der Waals surface area contributed by atoms with Gasteiger partial charge < -0.3 is 5.73 Å². The van der Waals surface area contributed by atoms with E-state index in [2.05, 4.69) is 5.10 Å². The maximum absolute atomic E-state index is 13.8. The van der Waals surface area contributed by atoms with E-state index in [4.69, 9.17) is 5.73 Å². The molecule has 5 heteroatoms. The molecular formula is C11H11F2N3. The third-order valence-electron chi connectivity index (χ3n) is 2.25. The molecule has 0 unspecified atom stereocenters. The van der Waals surface area contributed by atoms with E-state index in [1.807, 2.05) is 0 Å². The fraction of sp³-hybridized carbons (Fsp3) is 0.182. The summed E-state index contributed by atoms with van der Waals surface area (Å²) >= 11 is 0. The van der Waals surface area contributed by atoms with Gasteiger partial charge in [-0.05, 0) is 31.2 Å². The van der Waals surface area contributed by atoms with Crippen molar-refractivity contribution in [3.8, 4) is 5.69 Å². The summed E-state index contributed by atoms with van der Waals surface area (Å²) in [5, 5.41) is 3.87. The Morgan fingerprint density at radius 2 is 2.12 bits per heavy atom. The molecule has 0 saturated carbocycles. The molecule has 0 radical (unpaired) electrons. The van der Waals surface area contributed by atoms with E-state index in [1.165, 1.54) is 24.4 Å². The molecule has 0 amide bonds. The average molecular weight is 223 g/mol. The fourth-order valence-electron chi connectivity index (χ4n) is 1.48. The lowest BCUT2D eigenvalue weighted by Gasteiger charge is -2.02. The van der Waals surface area contributed by atoms with Gasteiger partial charge in [0.15, 0.2) is 0 Å². The Kier molecular flexibility index (Phi) is 2.96.